The maximum Gasteiger partial charge on any atom is 0.297 e. The molecule has 0 unspecified atom stereocenters. The number of phenols is 1. The van der Waals surface area contributed by atoms with Crippen molar-refractivity contribution in [3.05, 3.63) is 81.8 Å². The number of hydrogen-bond donors (Lipinski definition) is 3. The molecule has 12 heteroatoms. The Morgan fingerprint density at radius 2 is 1.74 bits per heavy atom. The standard InChI is InChI=1S/C26H21Cl2N3O6S/c1-3-37-21-11-9-16(27)13-20(21)29-26(33)18-12-15-6-4-5-7-17(15)22(24(18)32)30-31-23-19(28)10-8-14(2)25(23)38(34,35)36/h4-13,32H,3H2,1-2H3,(H,29,33)(H,34,35,36). The zero-order valence-corrected chi connectivity index (χ0v) is 22.4. The Bertz CT molecular complexity index is 1710. The van der Waals surface area contributed by atoms with Gasteiger partial charge in [-0.2, -0.15) is 8.42 Å². The predicted octanol–water partition coefficient (Wildman–Crippen LogP) is 7.47. The van der Waals surface area contributed by atoms with Crippen LogP contribution in [0.4, 0.5) is 17.1 Å². The summed E-state index contributed by atoms with van der Waals surface area (Å²) in [5.41, 5.74) is -0.0643. The Hall–Kier alpha value is -3.70. The monoisotopic (exact) mass is 573 g/mol. The first-order chi connectivity index (χ1) is 18.0. The van der Waals surface area contributed by atoms with Gasteiger partial charge >= 0.3 is 0 Å². The predicted molar refractivity (Wildman–Crippen MR) is 146 cm³/mol. The van der Waals surface area contributed by atoms with Crippen LogP contribution in [0, 0.1) is 6.92 Å². The fourth-order valence-electron chi connectivity index (χ4n) is 3.83. The van der Waals surface area contributed by atoms with Crippen LogP contribution in [-0.4, -0.2) is 30.6 Å². The number of benzene rings is 4. The molecule has 4 aromatic rings. The van der Waals surface area contributed by atoms with Crippen molar-refractivity contribution in [1.82, 2.24) is 0 Å². The molecule has 4 aromatic carbocycles. The highest BCUT2D eigenvalue weighted by atomic mass is 35.5. The Balaban J connectivity index is 1.85. The maximum absolute atomic E-state index is 13.3. The van der Waals surface area contributed by atoms with E-state index in [1.807, 2.05) is 0 Å². The van der Waals surface area contributed by atoms with Crippen LogP contribution < -0.4 is 10.1 Å². The molecule has 0 saturated heterocycles. The van der Waals surface area contributed by atoms with Gasteiger partial charge in [-0.05, 0) is 55.1 Å². The van der Waals surface area contributed by atoms with Crippen molar-refractivity contribution in [3.8, 4) is 11.5 Å². The molecule has 3 N–H and O–H groups in total. The van der Waals surface area contributed by atoms with Crippen molar-refractivity contribution in [2.24, 2.45) is 10.2 Å². The molecule has 0 radical (unpaired) electrons. The van der Waals surface area contributed by atoms with Crippen molar-refractivity contribution in [2.75, 3.05) is 11.9 Å². The number of nitrogens with zero attached hydrogens (tertiary/aromatic N) is 2. The van der Waals surface area contributed by atoms with Crippen molar-refractivity contribution in [3.63, 3.8) is 0 Å². The lowest BCUT2D eigenvalue weighted by Crippen LogP contribution is -2.13. The molecule has 0 aromatic heterocycles. The lowest BCUT2D eigenvalue weighted by atomic mass is 10.0. The molecule has 0 heterocycles. The summed E-state index contributed by atoms with van der Waals surface area (Å²) in [6, 6.07) is 15.8. The molecule has 38 heavy (non-hydrogen) atoms. The smallest absolute Gasteiger partial charge is 0.297 e. The zero-order valence-electron chi connectivity index (χ0n) is 20.1. The summed E-state index contributed by atoms with van der Waals surface area (Å²) < 4.78 is 39.3. The SMILES string of the molecule is CCOc1ccc(Cl)cc1NC(=O)c1cc2ccccc2c(N=Nc2c(Cl)ccc(C)c2S(=O)(=O)O)c1O. The fraction of sp³-hybridized carbons (Fsp3) is 0.115. The summed E-state index contributed by atoms with van der Waals surface area (Å²) in [5, 5.41) is 23.1. The third-order valence-corrected chi connectivity index (χ3v) is 7.09. The van der Waals surface area contributed by atoms with E-state index < -0.39 is 26.7 Å². The summed E-state index contributed by atoms with van der Waals surface area (Å²) in [6.45, 7) is 3.60. The highest BCUT2D eigenvalue weighted by Gasteiger charge is 2.23. The van der Waals surface area contributed by atoms with E-state index in [1.54, 1.807) is 43.3 Å². The molecule has 4 rings (SSSR count). The molecule has 1 amide bonds. The van der Waals surface area contributed by atoms with Crippen molar-refractivity contribution >= 4 is 67.1 Å². The highest BCUT2D eigenvalue weighted by Crippen LogP contribution is 2.42. The van der Waals surface area contributed by atoms with Gasteiger partial charge in [-0.15, -0.1) is 10.2 Å². The molecule has 0 aliphatic rings. The van der Waals surface area contributed by atoms with E-state index in [0.717, 1.165) is 0 Å². The van der Waals surface area contributed by atoms with Crippen LogP contribution in [0.15, 0.2) is 75.8 Å². The number of azo groups is 1. The average Bonchev–Trinajstić information content (AvgIpc) is 2.86. The summed E-state index contributed by atoms with van der Waals surface area (Å²) in [5.74, 6) is -0.806. The van der Waals surface area contributed by atoms with Gasteiger partial charge in [0.05, 0.1) is 22.9 Å². The van der Waals surface area contributed by atoms with Gasteiger partial charge in [-0.1, -0.05) is 53.5 Å². The van der Waals surface area contributed by atoms with Gasteiger partial charge in [0.2, 0.25) is 0 Å². The second-order valence-electron chi connectivity index (χ2n) is 8.09. The fourth-order valence-corrected chi connectivity index (χ4v) is 5.12. The van der Waals surface area contributed by atoms with Gasteiger partial charge in [0.1, 0.15) is 22.0 Å². The molecule has 0 atom stereocenters. The van der Waals surface area contributed by atoms with E-state index in [4.69, 9.17) is 27.9 Å². The van der Waals surface area contributed by atoms with Crippen LogP contribution in [0.5, 0.6) is 11.5 Å². The molecule has 9 nitrogen and oxygen atoms in total. The van der Waals surface area contributed by atoms with Crippen molar-refractivity contribution < 1.29 is 27.6 Å². The first-order valence-corrected chi connectivity index (χ1v) is 13.4. The van der Waals surface area contributed by atoms with Crippen molar-refractivity contribution in [2.45, 2.75) is 18.7 Å². The lowest BCUT2D eigenvalue weighted by molar-refractivity contribution is 0.102. The molecule has 0 bridgehead atoms. The zero-order chi connectivity index (χ0) is 27.6. The van der Waals surface area contributed by atoms with E-state index >= 15 is 0 Å². The number of rotatable bonds is 7. The number of carbonyl (C=O) groups excluding carboxylic acids is 1. The maximum atomic E-state index is 13.3. The lowest BCUT2D eigenvalue weighted by Gasteiger charge is -2.14. The minimum absolute atomic E-state index is 0.0888. The minimum atomic E-state index is -4.70. The molecule has 0 fully saturated rings. The van der Waals surface area contributed by atoms with Gasteiger partial charge in [-0.3, -0.25) is 9.35 Å². The summed E-state index contributed by atoms with van der Waals surface area (Å²) in [4.78, 5) is 12.8. The number of ether oxygens (including phenoxy) is 1. The first-order valence-electron chi connectivity index (χ1n) is 11.2. The number of nitrogens with one attached hydrogen (secondary N) is 1. The quantitative estimate of drug-likeness (QED) is 0.155. The molecule has 0 aliphatic heterocycles. The largest absolute Gasteiger partial charge is 0.505 e. The number of anilines is 1. The second-order valence-corrected chi connectivity index (χ2v) is 10.3. The summed E-state index contributed by atoms with van der Waals surface area (Å²) in [7, 11) is -4.70. The normalized spacial score (nSPS) is 11.7. The molecule has 196 valence electrons. The van der Waals surface area contributed by atoms with Crippen LogP contribution >= 0.6 is 23.2 Å². The van der Waals surface area contributed by atoms with E-state index in [1.165, 1.54) is 31.2 Å². The highest BCUT2D eigenvalue weighted by molar-refractivity contribution is 7.86. The first kappa shape index (κ1) is 27.3. The van der Waals surface area contributed by atoms with Gasteiger partial charge < -0.3 is 15.2 Å². The Morgan fingerprint density at radius 1 is 1.03 bits per heavy atom. The van der Waals surface area contributed by atoms with Crippen LogP contribution in [-0.2, 0) is 10.1 Å². The third kappa shape index (κ3) is 5.58. The number of phenolic OH excluding ortho intramolecular Hbond substituents is 1. The molecular formula is C26H21Cl2N3O6S. The Labute approximate surface area is 228 Å². The number of aromatic hydroxyl groups is 1. The van der Waals surface area contributed by atoms with Gasteiger partial charge in [0, 0.05) is 10.4 Å². The molecular weight excluding hydrogens is 553 g/mol. The van der Waals surface area contributed by atoms with E-state index in [-0.39, 0.29) is 27.5 Å². The van der Waals surface area contributed by atoms with Crippen molar-refractivity contribution in [1.29, 1.82) is 0 Å². The number of hydrogen-bond acceptors (Lipinski definition) is 7. The minimum Gasteiger partial charge on any atom is -0.505 e. The third-order valence-electron chi connectivity index (χ3n) is 5.52. The number of carbonyl (C=O) groups is 1. The second kappa shape index (κ2) is 11.0. The van der Waals surface area contributed by atoms with Gasteiger partial charge in [0.25, 0.3) is 16.0 Å². The Kier molecular flexibility index (Phi) is 7.89. The number of aryl methyl sites for hydroxylation is 1. The number of amides is 1. The van der Waals surface area contributed by atoms with Crippen LogP contribution in [0.1, 0.15) is 22.8 Å². The Morgan fingerprint density at radius 3 is 2.45 bits per heavy atom. The van der Waals surface area contributed by atoms with E-state index in [0.29, 0.717) is 33.8 Å². The van der Waals surface area contributed by atoms with Crippen LogP contribution in [0.3, 0.4) is 0 Å². The van der Waals surface area contributed by atoms with E-state index in [2.05, 4.69) is 15.5 Å². The van der Waals surface area contributed by atoms with Crippen LogP contribution in [0.2, 0.25) is 10.0 Å². The number of fused-ring (bicyclic) bond motifs is 1. The molecule has 0 aliphatic carbocycles. The summed E-state index contributed by atoms with van der Waals surface area (Å²) in [6.07, 6.45) is 0. The topological polar surface area (TPSA) is 138 Å². The van der Waals surface area contributed by atoms with Gasteiger partial charge in [-0.25, -0.2) is 0 Å². The van der Waals surface area contributed by atoms with Gasteiger partial charge in [0.15, 0.2) is 5.75 Å². The number of halogens is 2. The van der Waals surface area contributed by atoms with Crippen LogP contribution in [0.25, 0.3) is 10.8 Å². The average molecular weight is 574 g/mol. The molecule has 0 spiro atoms. The molecule has 0 saturated carbocycles. The summed E-state index contributed by atoms with van der Waals surface area (Å²) >= 11 is 12.3. The van der Waals surface area contributed by atoms with E-state index in [9.17, 15) is 22.9 Å².